The van der Waals surface area contributed by atoms with Gasteiger partial charge in [-0.15, -0.1) is 0 Å². The van der Waals surface area contributed by atoms with Crippen LogP contribution in [0.4, 0.5) is 16.2 Å². The molecule has 7 heteroatoms. The predicted molar refractivity (Wildman–Crippen MR) is 74.1 cm³/mol. The van der Waals surface area contributed by atoms with Crippen LogP contribution in [0.1, 0.15) is 0 Å². The number of amides is 2. The van der Waals surface area contributed by atoms with E-state index < -0.39 is 18.5 Å². The Balaban J connectivity index is 1.87. The van der Waals surface area contributed by atoms with Gasteiger partial charge in [0.1, 0.15) is 6.54 Å². The number of nitrogens with one attached hydrogen (secondary N) is 2. The molecule has 0 unspecified atom stereocenters. The zero-order valence-corrected chi connectivity index (χ0v) is 11.0. The first kappa shape index (κ1) is 14.1. The Hall–Kier alpha value is -2.28. The summed E-state index contributed by atoms with van der Waals surface area (Å²) in [5.41, 5.74) is 1.69. The second-order valence-electron chi connectivity index (χ2n) is 4.35. The number of urea groups is 1. The molecule has 1 saturated heterocycles. The molecule has 0 bridgehead atoms. The SMILES string of the molecule is O=C(O)CNC(=O)Nc1ccc(N2CCOCC2)cc1. The molecule has 0 aromatic heterocycles. The first-order valence-electron chi connectivity index (χ1n) is 6.34. The lowest BCUT2D eigenvalue weighted by Crippen LogP contribution is -2.36. The molecule has 3 N–H and O–H groups in total. The largest absolute Gasteiger partial charge is 0.480 e. The minimum Gasteiger partial charge on any atom is -0.480 e. The Kier molecular flexibility index (Phi) is 4.78. The van der Waals surface area contributed by atoms with E-state index in [0.29, 0.717) is 5.69 Å². The predicted octanol–water partition coefficient (Wildman–Crippen LogP) is 0.729. The van der Waals surface area contributed by atoms with E-state index in [4.69, 9.17) is 9.84 Å². The van der Waals surface area contributed by atoms with Crippen LogP contribution in [0.3, 0.4) is 0 Å². The highest BCUT2D eigenvalue weighted by molar-refractivity contribution is 5.91. The average molecular weight is 279 g/mol. The van der Waals surface area contributed by atoms with Crippen molar-refractivity contribution in [2.24, 2.45) is 0 Å². The number of hydrogen-bond donors (Lipinski definition) is 3. The number of rotatable bonds is 4. The van der Waals surface area contributed by atoms with E-state index in [0.717, 1.165) is 32.0 Å². The van der Waals surface area contributed by atoms with Crippen LogP contribution >= 0.6 is 0 Å². The number of benzene rings is 1. The first-order chi connectivity index (χ1) is 9.65. The third-order valence-corrected chi connectivity index (χ3v) is 2.90. The Morgan fingerprint density at radius 1 is 1.20 bits per heavy atom. The van der Waals surface area contributed by atoms with Crippen molar-refractivity contribution < 1.29 is 19.4 Å². The number of aliphatic carboxylic acids is 1. The molecule has 1 heterocycles. The number of carbonyl (C=O) groups excluding carboxylic acids is 1. The number of hydrogen-bond acceptors (Lipinski definition) is 4. The van der Waals surface area contributed by atoms with Gasteiger partial charge in [0.05, 0.1) is 13.2 Å². The molecule has 108 valence electrons. The standard InChI is InChI=1S/C13H17N3O4/c17-12(18)9-14-13(19)15-10-1-3-11(4-2-10)16-5-7-20-8-6-16/h1-4H,5-9H2,(H,17,18)(H2,14,15,19). The Labute approximate surface area is 116 Å². The van der Waals surface area contributed by atoms with Crippen LogP contribution in [0.25, 0.3) is 0 Å². The van der Waals surface area contributed by atoms with Crippen LogP contribution in [0.2, 0.25) is 0 Å². The number of morpholine rings is 1. The third kappa shape index (κ3) is 4.13. The molecule has 2 amide bonds. The van der Waals surface area contributed by atoms with E-state index in [9.17, 15) is 9.59 Å². The van der Waals surface area contributed by atoms with Gasteiger partial charge in [-0.05, 0) is 24.3 Å². The van der Waals surface area contributed by atoms with Gasteiger partial charge in [-0.2, -0.15) is 0 Å². The minimum absolute atomic E-state index is 0.405. The fraction of sp³-hybridized carbons (Fsp3) is 0.385. The molecule has 1 aliphatic heterocycles. The van der Waals surface area contributed by atoms with Gasteiger partial charge in [-0.1, -0.05) is 0 Å². The van der Waals surface area contributed by atoms with E-state index in [-0.39, 0.29) is 0 Å². The fourth-order valence-corrected chi connectivity index (χ4v) is 1.91. The number of nitrogens with zero attached hydrogens (tertiary/aromatic N) is 1. The summed E-state index contributed by atoms with van der Waals surface area (Å²) in [7, 11) is 0. The highest BCUT2D eigenvalue weighted by atomic mass is 16.5. The number of carboxylic acid groups (broad SMARTS) is 1. The van der Waals surface area contributed by atoms with Gasteiger partial charge in [-0.25, -0.2) is 4.79 Å². The summed E-state index contributed by atoms with van der Waals surface area (Å²) in [5, 5.41) is 13.3. The molecule has 1 aliphatic rings. The molecular formula is C13H17N3O4. The van der Waals surface area contributed by atoms with Crippen molar-refractivity contribution in [3.8, 4) is 0 Å². The van der Waals surface area contributed by atoms with Crippen molar-refractivity contribution in [1.82, 2.24) is 5.32 Å². The molecule has 0 radical (unpaired) electrons. The number of anilines is 2. The topological polar surface area (TPSA) is 90.9 Å². The molecule has 1 aromatic carbocycles. The van der Waals surface area contributed by atoms with Gasteiger partial charge in [0, 0.05) is 24.5 Å². The molecule has 20 heavy (non-hydrogen) atoms. The lowest BCUT2D eigenvalue weighted by Gasteiger charge is -2.28. The monoisotopic (exact) mass is 279 g/mol. The Morgan fingerprint density at radius 2 is 1.85 bits per heavy atom. The zero-order valence-electron chi connectivity index (χ0n) is 11.0. The summed E-state index contributed by atoms with van der Waals surface area (Å²) in [6.45, 7) is 2.74. The van der Waals surface area contributed by atoms with Crippen molar-refractivity contribution in [3.05, 3.63) is 24.3 Å². The molecule has 0 spiro atoms. The van der Waals surface area contributed by atoms with Gasteiger partial charge in [0.2, 0.25) is 0 Å². The molecule has 0 atom stereocenters. The van der Waals surface area contributed by atoms with Crippen LogP contribution in [0.15, 0.2) is 24.3 Å². The summed E-state index contributed by atoms with van der Waals surface area (Å²) in [6, 6.07) is 6.86. The lowest BCUT2D eigenvalue weighted by molar-refractivity contribution is -0.135. The maximum Gasteiger partial charge on any atom is 0.323 e. The van der Waals surface area contributed by atoms with Crippen LogP contribution < -0.4 is 15.5 Å². The summed E-state index contributed by atoms with van der Waals surface area (Å²) in [6.07, 6.45) is 0. The van der Waals surface area contributed by atoms with Crippen LogP contribution in [-0.4, -0.2) is 50.0 Å². The third-order valence-electron chi connectivity index (χ3n) is 2.90. The number of ether oxygens (including phenoxy) is 1. The Bertz CT molecular complexity index is 469. The van der Waals surface area contributed by atoms with Crippen molar-refractivity contribution in [1.29, 1.82) is 0 Å². The molecular weight excluding hydrogens is 262 g/mol. The smallest absolute Gasteiger partial charge is 0.323 e. The average Bonchev–Trinajstić information content (AvgIpc) is 2.47. The lowest BCUT2D eigenvalue weighted by atomic mass is 10.2. The van der Waals surface area contributed by atoms with Crippen LogP contribution in [0.5, 0.6) is 0 Å². The van der Waals surface area contributed by atoms with E-state index in [1.54, 1.807) is 12.1 Å². The summed E-state index contributed by atoms with van der Waals surface area (Å²) in [4.78, 5) is 23.9. The Morgan fingerprint density at radius 3 is 2.45 bits per heavy atom. The molecule has 1 fully saturated rings. The second kappa shape index (κ2) is 6.76. The van der Waals surface area contributed by atoms with Crippen LogP contribution in [0, 0.1) is 0 Å². The molecule has 0 saturated carbocycles. The summed E-state index contributed by atoms with van der Waals surface area (Å²) in [5.74, 6) is -1.08. The van der Waals surface area contributed by atoms with Gasteiger partial charge in [0.15, 0.2) is 0 Å². The zero-order chi connectivity index (χ0) is 14.4. The second-order valence-corrected chi connectivity index (χ2v) is 4.35. The highest BCUT2D eigenvalue weighted by Gasteiger charge is 2.11. The number of carbonyl (C=O) groups is 2. The molecule has 2 rings (SSSR count). The van der Waals surface area contributed by atoms with E-state index in [1.165, 1.54) is 0 Å². The maximum atomic E-state index is 11.4. The first-order valence-corrected chi connectivity index (χ1v) is 6.34. The van der Waals surface area contributed by atoms with Crippen molar-refractivity contribution in [2.75, 3.05) is 43.1 Å². The molecule has 0 aliphatic carbocycles. The maximum absolute atomic E-state index is 11.4. The van der Waals surface area contributed by atoms with E-state index in [2.05, 4.69) is 15.5 Å². The van der Waals surface area contributed by atoms with Gasteiger partial charge in [-0.3, -0.25) is 4.79 Å². The normalized spacial score (nSPS) is 14.7. The quantitative estimate of drug-likeness (QED) is 0.756. The molecule has 1 aromatic rings. The van der Waals surface area contributed by atoms with Crippen molar-refractivity contribution in [3.63, 3.8) is 0 Å². The highest BCUT2D eigenvalue weighted by Crippen LogP contribution is 2.18. The summed E-state index contributed by atoms with van der Waals surface area (Å²) < 4.78 is 5.29. The fourth-order valence-electron chi connectivity index (χ4n) is 1.91. The van der Waals surface area contributed by atoms with E-state index >= 15 is 0 Å². The minimum atomic E-state index is -1.08. The number of carboxylic acids is 1. The van der Waals surface area contributed by atoms with Gasteiger partial charge < -0.3 is 25.4 Å². The van der Waals surface area contributed by atoms with E-state index in [1.807, 2.05) is 12.1 Å². The molecule has 7 nitrogen and oxygen atoms in total. The van der Waals surface area contributed by atoms with Crippen molar-refractivity contribution in [2.45, 2.75) is 0 Å². The van der Waals surface area contributed by atoms with Gasteiger partial charge >= 0.3 is 12.0 Å². The van der Waals surface area contributed by atoms with Crippen LogP contribution in [-0.2, 0) is 9.53 Å². The summed E-state index contributed by atoms with van der Waals surface area (Å²) >= 11 is 0. The van der Waals surface area contributed by atoms with Gasteiger partial charge in [0.25, 0.3) is 0 Å². The van der Waals surface area contributed by atoms with Crippen molar-refractivity contribution >= 4 is 23.4 Å².